The summed E-state index contributed by atoms with van der Waals surface area (Å²) in [5.41, 5.74) is 3.44. The summed E-state index contributed by atoms with van der Waals surface area (Å²) in [4.78, 5) is 21.1. The SMILES string of the molecule is COc1ccc(SCCCC(=O)N(CC2CCCO2)c2nc3cc(C)c(C)cc3s2)cc1. The Balaban J connectivity index is 1.41. The average molecular weight is 471 g/mol. The molecule has 2 heterocycles. The number of fused-ring (bicyclic) bond motifs is 1. The smallest absolute Gasteiger partial charge is 0.228 e. The number of carbonyl (C=O) groups is 1. The molecule has 1 atom stereocenters. The summed E-state index contributed by atoms with van der Waals surface area (Å²) >= 11 is 3.37. The predicted molar refractivity (Wildman–Crippen MR) is 133 cm³/mol. The second-order valence-corrected chi connectivity index (χ2v) is 10.3. The standard InChI is InChI=1S/C25H30N2O3S2/c1-17-14-22-23(15-18(17)2)32-25(26-22)27(16-20-6-4-12-30-20)24(28)7-5-13-31-21-10-8-19(29-3)9-11-21/h8-11,14-15,20H,4-7,12-13,16H2,1-3H3. The number of amides is 1. The molecule has 0 saturated carbocycles. The Morgan fingerprint density at radius 1 is 1.25 bits per heavy atom. The Hall–Kier alpha value is -2.09. The molecular weight excluding hydrogens is 440 g/mol. The van der Waals surface area contributed by atoms with Crippen LogP contribution in [0.2, 0.25) is 0 Å². The first-order chi connectivity index (χ1) is 15.5. The highest BCUT2D eigenvalue weighted by Crippen LogP contribution is 2.32. The summed E-state index contributed by atoms with van der Waals surface area (Å²) in [5, 5.41) is 0.785. The normalized spacial score (nSPS) is 15.9. The van der Waals surface area contributed by atoms with E-state index in [4.69, 9.17) is 14.5 Å². The maximum Gasteiger partial charge on any atom is 0.228 e. The van der Waals surface area contributed by atoms with Gasteiger partial charge in [0.25, 0.3) is 0 Å². The molecule has 1 amide bonds. The molecule has 1 fully saturated rings. The molecule has 4 rings (SSSR count). The van der Waals surface area contributed by atoms with E-state index in [9.17, 15) is 4.79 Å². The number of ether oxygens (including phenoxy) is 2. The Kier molecular flexibility index (Phi) is 7.71. The second-order valence-electron chi connectivity index (χ2n) is 8.17. The molecule has 32 heavy (non-hydrogen) atoms. The summed E-state index contributed by atoms with van der Waals surface area (Å²) < 4.78 is 12.2. The van der Waals surface area contributed by atoms with E-state index in [1.807, 2.05) is 17.0 Å². The van der Waals surface area contributed by atoms with Gasteiger partial charge in [-0.15, -0.1) is 11.8 Å². The van der Waals surface area contributed by atoms with Crippen LogP contribution in [-0.2, 0) is 9.53 Å². The quantitative estimate of drug-likeness (QED) is 0.283. The largest absolute Gasteiger partial charge is 0.497 e. The molecule has 0 radical (unpaired) electrons. The molecular formula is C25H30N2O3S2. The highest BCUT2D eigenvalue weighted by molar-refractivity contribution is 7.99. The van der Waals surface area contributed by atoms with Gasteiger partial charge in [-0.1, -0.05) is 11.3 Å². The molecule has 1 aromatic heterocycles. The third-order valence-corrected chi connectivity index (χ3v) is 7.94. The fraction of sp³-hybridized carbons (Fsp3) is 0.440. The molecule has 2 aromatic carbocycles. The number of anilines is 1. The van der Waals surface area contributed by atoms with E-state index in [2.05, 4.69) is 38.1 Å². The number of benzene rings is 2. The molecule has 0 N–H and O–H groups in total. The first-order valence-corrected chi connectivity index (χ1v) is 12.9. The molecule has 0 spiro atoms. The molecule has 0 aliphatic carbocycles. The van der Waals surface area contributed by atoms with Gasteiger partial charge in [-0.3, -0.25) is 9.69 Å². The highest BCUT2D eigenvalue weighted by atomic mass is 32.2. The van der Waals surface area contributed by atoms with Gasteiger partial charge in [0.2, 0.25) is 5.91 Å². The predicted octanol–water partition coefficient (Wildman–Crippen LogP) is 6.01. The summed E-state index contributed by atoms with van der Waals surface area (Å²) in [7, 11) is 1.67. The van der Waals surface area contributed by atoms with Crippen LogP contribution in [0, 0.1) is 13.8 Å². The summed E-state index contributed by atoms with van der Waals surface area (Å²) in [6.45, 7) is 5.58. The van der Waals surface area contributed by atoms with Crippen LogP contribution in [0.15, 0.2) is 41.3 Å². The van der Waals surface area contributed by atoms with Crippen LogP contribution < -0.4 is 9.64 Å². The number of thiazole rings is 1. The third-order valence-electron chi connectivity index (χ3n) is 5.80. The molecule has 170 valence electrons. The van der Waals surface area contributed by atoms with Crippen molar-refractivity contribution in [1.82, 2.24) is 4.98 Å². The monoisotopic (exact) mass is 470 g/mol. The molecule has 0 bridgehead atoms. The molecule has 3 aromatic rings. The number of hydrogen-bond acceptors (Lipinski definition) is 6. The van der Waals surface area contributed by atoms with Gasteiger partial charge in [-0.25, -0.2) is 4.98 Å². The fourth-order valence-electron chi connectivity index (χ4n) is 3.78. The Labute approximate surface area is 198 Å². The van der Waals surface area contributed by atoms with Crippen molar-refractivity contribution in [2.45, 2.75) is 50.5 Å². The maximum absolute atomic E-state index is 13.2. The van der Waals surface area contributed by atoms with Crippen molar-refractivity contribution in [3.8, 4) is 5.75 Å². The van der Waals surface area contributed by atoms with E-state index in [0.29, 0.717) is 13.0 Å². The van der Waals surface area contributed by atoms with E-state index >= 15 is 0 Å². The Morgan fingerprint density at radius 3 is 2.75 bits per heavy atom. The van der Waals surface area contributed by atoms with Crippen molar-refractivity contribution in [3.63, 3.8) is 0 Å². The lowest BCUT2D eigenvalue weighted by atomic mass is 10.1. The number of nitrogens with zero attached hydrogens (tertiary/aromatic N) is 2. The second kappa shape index (κ2) is 10.7. The highest BCUT2D eigenvalue weighted by Gasteiger charge is 2.26. The first-order valence-electron chi connectivity index (χ1n) is 11.1. The van der Waals surface area contributed by atoms with E-state index in [1.54, 1.807) is 30.2 Å². The number of carbonyl (C=O) groups excluding carboxylic acids is 1. The van der Waals surface area contributed by atoms with Crippen LogP contribution in [0.25, 0.3) is 10.2 Å². The summed E-state index contributed by atoms with van der Waals surface area (Å²) in [5.74, 6) is 1.88. The van der Waals surface area contributed by atoms with Gasteiger partial charge in [-0.2, -0.15) is 0 Å². The Bertz CT molecular complexity index is 1020. The van der Waals surface area contributed by atoms with E-state index in [1.165, 1.54) is 16.0 Å². The number of rotatable bonds is 9. The maximum atomic E-state index is 13.2. The van der Waals surface area contributed by atoms with Crippen LogP contribution in [-0.4, -0.2) is 43.0 Å². The van der Waals surface area contributed by atoms with Crippen molar-refractivity contribution >= 4 is 44.4 Å². The van der Waals surface area contributed by atoms with Gasteiger partial charge in [0.15, 0.2) is 5.13 Å². The minimum atomic E-state index is 0.100. The first kappa shape index (κ1) is 23.1. The number of methoxy groups -OCH3 is 1. The van der Waals surface area contributed by atoms with Crippen LogP contribution >= 0.6 is 23.1 Å². The van der Waals surface area contributed by atoms with Crippen molar-refractivity contribution < 1.29 is 14.3 Å². The Morgan fingerprint density at radius 2 is 2.03 bits per heavy atom. The van der Waals surface area contributed by atoms with Gasteiger partial charge in [0.1, 0.15) is 5.75 Å². The molecule has 5 nitrogen and oxygen atoms in total. The third kappa shape index (κ3) is 5.63. The molecule has 1 unspecified atom stereocenters. The van der Waals surface area contributed by atoms with Crippen molar-refractivity contribution in [2.75, 3.05) is 30.9 Å². The lowest BCUT2D eigenvalue weighted by Crippen LogP contribution is -2.37. The zero-order chi connectivity index (χ0) is 22.5. The van der Waals surface area contributed by atoms with Crippen LogP contribution in [0.1, 0.15) is 36.8 Å². The van der Waals surface area contributed by atoms with E-state index in [-0.39, 0.29) is 12.0 Å². The summed E-state index contributed by atoms with van der Waals surface area (Å²) in [6.07, 6.45) is 3.48. The van der Waals surface area contributed by atoms with Crippen molar-refractivity contribution in [1.29, 1.82) is 0 Å². The minimum Gasteiger partial charge on any atom is -0.497 e. The van der Waals surface area contributed by atoms with Crippen LogP contribution in [0.3, 0.4) is 0 Å². The number of thioether (sulfide) groups is 1. The lowest BCUT2D eigenvalue weighted by Gasteiger charge is -2.23. The molecule has 1 saturated heterocycles. The van der Waals surface area contributed by atoms with E-state index < -0.39 is 0 Å². The number of aryl methyl sites for hydroxylation is 2. The summed E-state index contributed by atoms with van der Waals surface area (Å²) in [6, 6.07) is 12.3. The average Bonchev–Trinajstić information content (AvgIpc) is 3.45. The van der Waals surface area contributed by atoms with Gasteiger partial charge >= 0.3 is 0 Å². The number of aromatic nitrogens is 1. The molecule has 1 aliphatic heterocycles. The lowest BCUT2D eigenvalue weighted by molar-refractivity contribution is -0.119. The van der Waals surface area contributed by atoms with Gasteiger partial charge in [-0.05, 0) is 86.4 Å². The molecule has 7 heteroatoms. The van der Waals surface area contributed by atoms with Gasteiger partial charge < -0.3 is 9.47 Å². The zero-order valence-electron chi connectivity index (χ0n) is 18.9. The fourth-order valence-corrected chi connectivity index (χ4v) is 5.71. The van der Waals surface area contributed by atoms with E-state index in [0.717, 1.165) is 52.7 Å². The van der Waals surface area contributed by atoms with Gasteiger partial charge in [0.05, 0.1) is 30.0 Å². The topological polar surface area (TPSA) is 51.7 Å². The van der Waals surface area contributed by atoms with Crippen LogP contribution in [0.5, 0.6) is 5.75 Å². The minimum absolute atomic E-state index is 0.100. The van der Waals surface area contributed by atoms with Crippen molar-refractivity contribution in [2.24, 2.45) is 0 Å². The van der Waals surface area contributed by atoms with Crippen molar-refractivity contribution in [3.05, 3.63) is 47.5 Å². The van der Waals surface area contributed by atoms with Gasteiger partial charge in [0, 0.05) is 17.9 Å². The zero-order valence-corrected chi connectivity index (χ0v) is 20.6. The molecule has 1 aliphatic rings. The van der Waals surface area contributed by atoms with Crippen LogP contribution in [0.4, 0.5) is 5.13 Å². The number of hydrogen-bond donors (Lipinski definition) is 0.